The zero-order chi connectivity index (χ0) is 16.8. The van der Waals surface area contributed by atoms with Crippen LogP contribution in [-0.4, -0.2) is 46.3 Å². The third-order valence-corrected chi connectivity index (χ3v) is 4.21. The van der Waals surface area contributed by atoms with Crippen LogP contribution in [0.2, 0.25) is 0 Å². The standard InChI is InChI=1S/C16H20N4O2S/c1-12(20-10-6-9-17-20)16(22)19(2)11-15(21)18-13-7-4-5-8-14(13)23-3/h4-10,12H,11H2,1-3H3,(H,18,21). The minimum Gasteiger partial charge on any atom is -0.335 e. The number of hydrogen-bond donors (Lipinski definition) is 1. The van der Waals surface area contributed by atoms with Gasteiger partial charge in [-0.2, -0.15) is 5.10 Å². The molecule has 1 aromatic carbocycles. The molecule has 0 saturated carbocycles. The van der Waals surface area contributed by atoms with Gasteiger partial charge in [-0.15, -0.1) is 11.8 Å². The van der Waals surface area contributed by atoms with E-state index >= 15 is 0 Å². The van der Waals surface area contributed by atoms with Crippen LogP contribution in [0.4, 0.5) is 5.69 Å². The lowest BCUT2D eigenvalue weighted by atomic mass is 10.3. The third-order valence-electron chi connectivity index (χ3n) is 3.42. The van der Waals surface area contributed by atoms with E-state index < -0.39 is 6.04 Å². The fourth-order valence-electron chi connectivity index (χ4n) is 2.17. The van der Waals surface area contributed by atoms with Gasteiger partial charge in [0.05, 0.1) is 12.2 Å². The highest BCUT2D eigenvalue weighted by molar-refractivity contribution is 7.98. The number of anilines is 1. The molecule has 0 aliphatic carbocycles. The third kappa shape index (κ3) is 4.35. The summed E-state index contributed by atoms with van der Waals surface area (Å²) in [5, 5.41) is 6.90. The molecule has 1 heterocycles. The second-order valence-corrected chi connectivity index (χ2v) is 5.95. The number of carbonyl (C=O) groups is 2. The highest BCUT2D eigenvalue weighted by Gasteiger charge is 2.21. The van der Waals surface area contributed by atoms with Gasteiger partial charge in [0.25, 0.3) is 0 Å². The van der Waals surface area contributed by atoms with Crippen molar-refractivity contribution in [3.8, 4) is 0 Å². The smallest absolute Gasteiger partial charge is 0.247 e. The quantitative estimate of drug-likeness (QED) is 0.824. The Bertz CT molecular complexity index is 672. The van der Waals surface area contributed by atoms with E-state index in [-0.39, 0.29) is 18.4 Å². The summed E-state index contributed by atoms with van der Waals surface area (Å²) < 4.78 is 1.57. The molecule has 0 aliphatic rings. The van der Waals surface area contributed by atoms with Crippen LogP contribution in [0.15, 0.2) is 47.6 Å². The molecule has 122 valence electrons. The van der Waals surface area contributed by atoms with Crippen LogP contribution in [-0.2, 0) is 9.59 Å². The minimum atomic E-state index is -0.443. The van der Waals surface area contributed by atoms with Crippen LogP contribution in [0.25, 0.3) is 0 Å². The van der Waals surface area contributed by atoms with Crippen LogP contribution in [0, 0.1) is 0 Å². The molecule has 0 fully saturated rings. The second kappa shape index (κ2) is 7.82. The molecule has 0 bridgehead atoms. The summed E-state index contributed by atoms with van der Waals surface area (Å²) in [5.41, 5.74) is 0.756. The number of hydrogen-bond acceptors (Lipinski definition) is 4. The van der Waals surface area contributed by atoms with Gasteiger partial charge in [0, 0.05) is 24.3 Å². The van der Waals surface area contributed by atoms with Gasteiger partial charge in [-0.05, 0) is 31.4 Å². The molecule has 0 saturated heterocycles. The van der Waals surface area contributed by atoms with Gasteiger partial charge in [0.1, 0.15) is 6.04 Å². The van der Waals surface area contributed by atoms with E-state index in [0.717, 1.165) is 10.6 Å². The number of aromatic nitrogens is 2. The lowest BCUT2D eigenvalue weighted by Gasteiger charge is -2.21. The number of nitrogens with one attached hydrogen (secondary N) is 1. The summed E-state index contributed by atoms with van der Waals surface area (Å²) >= 11 is 1.56. The monoisotopic (exact) mass is 332 g/mol. The maximum atomic E-state index is 12.3. The number of benzene rings is 1. The number of thioether (sulfide) groups is 1. The number of nitrogens with zero attached hydrogens (tertiary/aromatic N) is 3. The molecule has 2 amide bonds. The summed E-state index contributed by atoms with van der Waals surface area (Å²) in [6.45, 7) is 1.75. The van der Waals surface area contributed by atoms with Gasteiger partial charge in [-0.1, -0.05) is 12.1 Å². The van der Waals surface area contributed by atoms with E-state index in [0.29, 0.717) is 0 Å². The lowest BCUT2D eigenvalue weighted by Crippen LogP contribution is -2.38. The van der Waals surface area contributed by atoms with Crippen LogP contribution in [0.3, 0.4) is 0 Å². The van der Waals surface area contributed by atoms with Crippen molar-refractivity contribution in [2.45, 2.75) is 17.9 Å². The van der Waals surface area contributed by atoms with Crippen LogP contribution >= 0.6 is 11.8 Å². The Morgan fingerprint density at radius 1 is 1.35 bits per heavy atom. The first-order valence-corrected chi connectivity index (χ1v) is 8.42. The molecule has 1 aromatic heterocycles. The lowest BCUT2D eigenvalue weighted by molar-refractivity contribution is -0.136. The average molecular weight is 332 g/mol. The number of para-hydroxylation sites is 1. The van der Waals surface area contributed by atoms with Gasteiger partial charge >= 0.3 is 0 Å². The Hall–Kier alpha value is -2.28. The molecule has 2 aromatic rings. The van der Waals surface area contributed by atoms with E-state index in [2.05, 4.69) is 10.4 Å². The largest absolute Gasteiger partial charge is 0.335 e. The van der Waals surface area contributed by atoms with Crippen molar-refractivity contribution in [1.29, 1.82) is 0 Å². The predicted molar refractivity (Wildman–Crippen MR) is 91.4 cm³/mol. The summed E-state index contributed by atoms with van der Waals surface area (Å²) in [7, 11) is 1.61. The van der Waals surface area contributed by atoms with Gasteiger partial charge < -0.3 is 10.2 Å². The first-order valence-electron chi connectivity index (χ1n) is 7.20. The normalized spacial score (nSPS) is 11.8. The molecular weight excluding hydrogens is 312 g/mol. The Morgan fingerprint density at radius 3 is 2.74 bits per heavy atom. The zero-order valence-corrected chi connectivity index (χ0v) is 14.2. The van der Waals surface area contributed by atoms with Crippen molar-refractivity contribution >= 4 is 29.3 Å². The van der Waals surface area contributed by atoms with Crippen molar-refractivity contribution in [1.82, 2.24) is 14.7 Å². The zero-order valence-electron chi connectivity index (χ0n) is 13.4. The van der Waals surface area contributed by atoms with Crippen molar-refractivity contribution in [2.75, 3.05) is 25.2 Å². The first-order chi connectivity index (χ1) is 11.0. The van der Waals surface area contributed by atoms with Crippen molar-refractivity contribution in [3.05, 3.63) is 42.7 Å². The fourth-order valence-corrected chi connectivity index (χ4v) is 2.73. The summed E-state index contributed by atoms with van der Waals surface area (Å²) in [6.07, 6.45) is 5.30. The van der Waals surface area contributed by atoms with Crippen molar-refractivity contribution in [2.24, 2.45) is 0 Å². The van der Waals surface area contributed by atoms with Gasteiger partial charge in [0.15, 0.2) is 0 Å². The number of rotatable bonds is 6. The van der Waals surface area contributed by atoms with E-state index in [1.807, 2.05) is 30.5 Å². The first kappa shape index (κ1) is 17.1. The Balaban J connectivity index is 1.95. The predicted octanol–water partition coefficient (Wildman–Crippen LogP) is 2.26. The molecule has 1 atom stereocenters. The van der Waals surface area contributed by atoms with E-state index in [1.165, 1.54) is 4.90 Å². The topological polar surface area (TPSA) is 67.2 Å². The Kier molecular flexibility index (Phi) is 5.81. The van der Waals surface area contributed by atoms with E-state index in [1.54, 1.807) is 48.9 Å². The molecule has 1 unspecified atom stereocenters. The Labute approximate surface area is 139 Å². The molecule has 0 aliphatic heterocycles. The van der Waals surface area contributed by atoms with Crippen molar-refractivity contribution in [3.63, 3.8) is 0 Å². The second-order valence-electron chi connectivity index (χ2n) is 5.10. The summed E-state index contributed by atoms with van der Waals surface area (Å²) in [6, 6.07) is 8.89. The maximum absolute atomic E-state index is 12.3. The number of amides is 2. The Morgan fingerprint density at radius 2 is 2.09 bits per heavy atom. The van der Waals surface area contributed by atoms with Crippen LogP contribution in [0.1, 0.15) is 13.0 Å². The number of likely N-dealkylation sites (N-methyl/N-ethyl adjacent to an activating group) is 1. The molecule has 23 heavy (non-hydrogen) atoms. The van der Waals surface area contributed by atoms with Crippen molar-refractivity contribution < 1.29 is 9.59 Å². The molecular formula is C16H20N4O2S. The fraction of sp³-hybridized carbons (Fsp3) is 0.312. The molecule has 2 rings (SSSR count). The van der Waals surface area contributed by atoms with E-state index in [9.17, 15) is 9.59 Å². The number of carbonyl (C=O) groups excluding carboxylic acids is 2. The van der Waals surface area contributed by atoms with Gasteiger partial charge in [-0.25, -0.2) is 0 Å². The molecule has 7 heteroatoms. The van der Waals surface area contributed by atoms with Crippen LogP contribution < -0.4 is 5.32 Å². The highest BCUT2D eigenvalue weighted by atomic mass is 32.2. The summed E-state index contributed by atoms with van der Waals surface area (Å²) in [4.78, 5) is 26.9. The van der Waals surface area contributed by atoms with Gasteiger partial charge in [-0.3, -0.25) is 14.3 Å². The minimum absolute atomic E-state index is 0.00679. The molecule has 0 radical (unpaired) electrons. The summed E-state index contributed by atoms with van der Waals surface area (Å²) in [5.74, 6) is -0.392. The van der Waals surface area contributed by atoms with Gasteiger partial charge in [0.2, 0.25) is 11.8 Å². The van der Waals surface area contributed by atoms with Crippen LogP contribution in [0.5, 0.6) is 0 Å². The molecule has 6 nitrogen and oxygen atoms in total. The SMILES string of the molecule is CSc1ccccc1NC(=O)CN(C)C(=O)C(C)n1cccn1. The maximum Gasteiger partial charge on any atom is 0.247 e. The highest BCUT2D eigenvalue weighted by Crippen LogP contribution is 2.24. The molecule has 0 spiro atoms. The average Bonchev–Trinajstić information content (AvgIpc) is 3.08. The van der Waals surface area contributed by atoms with E-state index in [4.69, 9.17) is 0 Å². The molecule has 1 N–H and O–H groups in total.